The van der Waals surface area contributed by atoms with E-state index in [2.05, 4.69) is 10.6 Å². The monoisotopic (exact) mass is 541 g/mol. The van der Waals surface area contributed by atoms with Crippen LogP contribution in [0.1, 0.15) is 78.5 Å². The Kier molecular flexibility index (Phi) is 10.8. The van der Waals surface area contributed by atoms with E-state index in [0.717, 1.165) is 6.42 Å². The summed E-state index contributed by atoms with van der Waals surface area (Å²) in [5, 5.41) is 25.6. The molecule has 0 bridgehead atoms. The maximum Gasteiger partial charge on any atom is 0.408 e. The maximum absolute atomic E-state index is 14.3. The molecule has 214 valence electrons. The Bertz CT molecular complexity index is 1120. The highest BCUT2D eigenvalue weighted by atomic mass is 16.6. The molecule has 4 N–H and O–H groups in total. The minimum atomic E-state index is -1.07. The smallest absolute Gasteiger partial charge is 0.408 e. The first kappa shape index (κ1) is 31.5. The molecule has 2 unspecified atom stereocenters. The highest BCUT2D eigenvalue weighted by Crippen LogP contribution is 2.27. The number of nitrogens with zero attached hydrogens (tertiary/aromatic N) is 1. The summed E-state index contributed by atoms with van der Waals surface area (Å²) in [5.41, 5.74) is -0.215. The Balaban J connectivity index is 2.57. The summed E-state index contributed by atoms with van der Waals surface area (Å²) in [4.78, 5) is 42.2. The van der Waals surface area contributed by atoms with Crippen LogP contribution in [0.15, 0.2) is 48.5 Å². The quantitative estimate of drug-likeness (QED) is 0.342. The van der Waals surface area contributed by atoms with Crippen LogP contribution in [0.2, 0.25) is 0 Å². The van der Waals surface area contributed by atoms with Crippen LogP contribution in [0.5, 0.6) is 11.5 Å². The van der Waals surface area contributed by atoms with Gasteiger partial charge in [0.15, 0.2) is 0 Å². The Hall–Kier alpha value is -3.75. The van der Waals surface area contributed by atoms with Crippen LogP contribution >= 0.6 is 0 Å². The molecular formula is C30H43N3O6. The SMILES string of the molecule is CCCCN(C(=O)C(Cc1ccc(O)cc1)NC(=O)OC(C)(C)C)C(C(=O)NC(C)(C)C)c1cccc(O)c1. The molecule has 2 atom stereocenters. The van der Waals surface area contributed by atoms with E-state index >= 15 is 0 Å². The third-order valence-electron chi connectivity index (χ3n) is 5.65. The molecular weight excluding hydrogens is 498 g/mol. The molecule has 0 saturated heterocycles. The molecule has 0 aromatic heterocycles. The first-order chi connectivity index (χ1) is 18.1. The Labute approximate surface area is 231 Å². The van der Waals surface area contributed by atoms with E-state index in [4.69, 9.17) is 4.74 Å². The van der Waals surface area contributed by atoms with E-state index in [1.54, 1.807) is 45.0 Å². The number of carbonyl (C=O) groups excluding carboxylic acids is 3. The molecule has 0 heterocycles. The number of unbranched alkanes of at least 4 members (excludes halogenated alkanes) is 1. The zero-order valence-electron chi connectivity index (χ0n) is 24.1. The molecule has 0 aliphatic carbocycles. The van der Waals surface area contributed by atoms with E-state index in [-0.39, 0.29) is 24.5 Å². The van der Waals surface area contributed by atoms with Gasteiger partial charge in [-0.1, -0.05) is 37.6 Å². The lowest BCUT2D eigenvalue weighted by molar-refractivity contribution is -0.143. The van der Waals surface area contributed by atoms with Gasteiger partial charge in [0.2, 0.25) is 11.8 Å². The van der Waals surface area contributed by atoms with Gasteiger partial charge in [-0.05, 0) is 83.4 Å². The second-order valence-corrected chi connectivity index (χ2v) is 11.7. The fraction of sp³-hybridized carbons (Fsp3) is 0.500. The number of amides is 3. The standard InChI is InChI=1S/C30H43N3O6/c1-8-9-17-33(25(26(36)32-29(2,3)4)21-11-10-12-23(35)19-21)27(37)24(31-28(38)39-30(5,6)7)18-20-13-15-22(34)16-14-20/h10-16,19,24-25,34-35H,8-9,17-18H2,1-7H3,(H,31,38)(H,32,36). The van der Waals surface area contributed by atoms with Crippen molar-refractivity contribution in [2.45, 2.75) is 91.0 Å². The number of benzene rings is 2. The van der Waals surface area contributed by atoms with Crippen LogP contribution in [-0.4, -0.2) is 56.7 Å². The number of alkyl carbamates (subject to hydrolysis) is 1. The number of phenols is 2. The Morgan fingerprint density at radius 2 is 1.59 bits per heavy atom. The predicted octanol–water partition coefficient (Wildman–Crippen LogP) is 4.82. The fourth-order valence-corrected chi connectivity index (χ4v) is 4.02. The van der Waals surface area contributed by atoms with Gasteiger partial charge in [-0.3, -0.25) is 9.59 Å². The number of rotatable bonds is 10. The summed E-state index contributed by atoms with van der Waals surface area (Å²) in [6.07, 6.45) is 0.722. The lowest BCUT2D eigenvalue weighted by Gasteiger charge is -2.36. The first-order valence-corrected chi connectivity index (χ1v) is 13.3. The van der Waals surface area contributed by atoms with Crippen molar-refractivity contribution in [2.24, 2.45) is 0 Å². The Morgan fingerprint density at radius 1 is 0.949 bits per heavy atom. The van der Waals surface area contributed by atoms with Crippen LogP contribution in [0.25, 0.3) is 0 Å². The van der Waals surface area contributed by atoms with Crippen LogP contribution < -0.4 is 10.6 Å². The minimum absolute atomic E-state index is 0.0310. The maximum atomic E-state index is 14.3. The molecule has 0 fully saturated rings. The number of ether oxygens (including phenoxy) is 1. The molecule has 3 amide bonds. The summed E-state index contributed by atoms with van der Waals surface area (Å²) >= 11 is 0. The molecule has 2 aromatic rings. The van der Waals surface area contributed by atoms with Gasteiger partial charge in [-0.25, -0.2) is 4.79 Å². The van der Waals surface area contributed by atoms with Crippen molar-refractivity contribution in [3.8, 4) is 11.5 Å². The van der Waals surface area contributed by atoms with Crippen LogP contribution in [0.4, 0.5) is 4.79 Å². The van der Waals surface area contributed by atoms with Crippen molar-refractivity contribution in [1.82, 2.24) is 15.5 Å². The summed E-state index contributed by atoms with van der Waals surface area (Å²) in [5.74, 6) is -0.830. The molecule has 0 spiro atoms. The highest BCUT2D eigenvalue weighted by Gasteiger charge is 2.37. The molecule has 0 radical (unpaired) electrons. The predicted molar refractivity (Wildman–Crippen MR) is 150 cm³/mol. The topological polar surface area (TPSA) is 128 Å². The second kappa shape index (κ2) is 13.4. The molecule has 9 nitrogen and oxygen atoms in total. The van der Waals surface area contributed by atoms with Crippen molar-refractivity contribution in [1.29, 1.82) is 0 Å². The number of nitrogens with one attached hydrogen (secondary N) is 2. The molecule has 2 aromatic carbocycles. The largest absolute Gasteiger partial charge is 0.508 e. The zero-order chi connectivity index (χ0) is 29.4. The Morgan fingerprint density at radius 3 is 2.13 bits per heavy atom. The number of hydrogen-bond acceptors (Lipinski definition) is 6. The molecule has 9 heteroatoms. The molecule has 0 aliphatic rings. The molecule has 0 aliphatic heterocycles. The minimum Gasteiger partial charge on any atom is -0.508 e. The number of phenolic OH excluding ortho intramolecular Hbond substituents is 2. The molecule has 39 heavy (non-hydrogen) atoms. The van der Waals surface area contributed by atoms with Crippen LogP contribution in [0, 0.1) is 0 Å². The summed E-state index contributed by atoms with van der Waals surface area (Å²) in [6, 6.07) is 10.5. The van der Waals surface area contributed by atoms with E-state index < -0.39 is 41.1 Å². The van der Waals surface area contributed by atoms with E-state index in [9.17, 15) is 24.6 Å². The lowest BCUT2D eigenvalue weighted by Crippen LogP contribution is -2.55. The summed E-state index contributed by atoms with van der Waals surface area (Å²) in [7, 11) is 0. The van der Waals surface area contributed by atoms with Gasteiger partial charge in [-0.15, -0.1) is 0 Å². The first-order valence-electron chi connectivity index (χ1n) is 13.3. The zero-order valence-corrected chi connectivity index (χ0v) is 24.1. The van der Waals surface area contributed by atoms with Gasteiger partial charge in [0.05, 0.1) is 0 Å². The van der Waals surface area contributed by atoms with Crippen molar-refractivity contribution in [3.05, 3.63) is 59.7 Å². The number of aromatic hydroxyl groups is 2. The average Bonchev–Trinajstić information content (AvgIpc) is 2.79. The van der Waals surface area contributed by atoms with Crippen LogP contribution in [0.3, 0.4) is 0 Å². The van der Waals surface area contributed by atoms with E-state index in [1.807, 2.05) is 27.7 Å². The lowest BCUT2D eigenvalue weighted by atomic mass is 9.98. The van der Waals surface area contributed by atoms with Crippen molar-refractivity contribution in [2.75, 3.05) is 6.54 Å². The highest BCUT2D eigenvalue weighted by molar-refractivity contribution is 5.92. The molecule has 2 rings (SSSR count). The summed E-state index contributed by atoms with van der Waals surface area (Å²) in [6.45, 7) is 13.0. The van der Waals surface area contributed by atoms with Gasteiger partial charge < -0.3 is 30.5 Å². The van der Waals surface area contributed by atoms with Gasteiger partial charge in [-0.2, -0.15) is 0 Å². The number of hydrogen-bond donors (Lipinski definition) is 4. The van der Waals surface area contributed by atoms with Crippen molar-refractivity contribution >= 4 is 17.9 Å². The van der Waals surface area contributed by atoms with Gasteiger partial charge in [0.25, 0.3) is 0 Å². The van der Waals surface area contributed by atoms with Crippen LogP contribution in [-0.2, 0) is 20.7 Å². The normalized spacial score (nSPS) is 13.2. The third kappa shape index (κ3) is 10.5. The van der Waals surface area contributed by atoms with E-state index in [0.29, 0.717) is 17.5 Å². The average molecular weight is 542 g/mol. The third-order valence-corrected chi connectivity index (χ3v) is 5.65. The summed E-state index contributed by atoms with van der Waals surface area (Å²) < 4.78 is 5.44. The molecule has 0 saturated carbocycles. The van der Waals surface area contributed by atoms with Gasteiger partial charge >= 0.3 is 6.09 Å². The number of carbonyl (C=O) groups is 3. The second-order valence-electron chi connectivity index (χ2n) is 11.7. The van der Waals surface area contributed by atoms with Crippen molar-refractivity contribution < 1.29 is 29.3 Å². The van der Waals surface area contributed by atoms with Crippen molar-refractivity contribution in [3.63, 3.8) is 0 Å². The van der Waals surface area contributed by atoms with Gasteiger partial charge in [0, 0.05) is 18.5 Å². The van der Waals surface area contributed by atoms with E-state index in [1.165, 1.54) is 29.2 Å². The fourth-order valence-electron chi connectivity index (χ4n) is 4.02. The van der Waals surface area contributed by atoms with Gasteiger partial charge in [0.1, 0.15) is 29.2 Å².